The number of fused-ring (bicyclic) bond motifs is 1. The van der Waals surface area contributed by atoms with Crippen LogP contribution in [0.5, 0.6) is 0 Å². The van der Waals surface area contributed by atoms with Gasteiger partial charge in [-0.05, 0) is 32.1 Å². The Hall–Kier alpha value is -1.69. The van der Waals surface area contributed by atoms with E-state index in [9.17, 15) is 0 Å². The molecule has 0 radical (unpaired) electrons. The lowest BCUT2D eigenvalue weighted by Crippen LogP contribution is -2.46. The lowest BCUT2D eigenvalue weighted by atomic mass is 10.0. The second kappa shape index (κ2) is 5.01. The van der Waals surface area contributed by atoms with Gasteiger partial charge in [-0.3, -0.25) is 4.40 Å². The Labute approximate surface area is 118 Å². The predicted molar refractivity (Wildman–Crippen MR) is 76.8 cm³/mol. The van der Waals surface area contributed by atoms with Gasteiger partial charge in [-0.15, -0.1) is 10.2 Å². The van der Waals surface area contributed by atoms with Gasteiger partial charge >= 0.3 is 0 Å². The maximum Gasteiger partial charge on any atom is 0.203 e. The maximum absolute atomic E-state index is 4.57. The third-order valence-corrected chi connectivity index (χ3v) is 4.32. The van der Waals surface area contributed by atoms with Gasteiger partial charge in [0.05, 0.1) is 0 Å². The highest BCUT2D eigenvalue weighted by Gasteiger charge is 2.28. The molecule has 0 amide bonds. The van der Waals surface area contributed by atoms with Gasteiger partial charge in [0.2, 0.25) is 5.65 Å². The molecule has 6 nitrogen and oxygen atoms in total. The molecule has 1 atom stereocenters. The second-order valence-corrected chi connectivity index (χ2v) is 5.84. The molecule has 1 aliphatic heterocycles. The van der Waals surface area contributed by atoms with Crippen LogP contribution >= 0.6 is 0 Å². The molecule has 0 spiro atoms. The summed E-state index contributed by atoms with van der Waals surface area (Å²) in [4.78, 5) is 6.99. The summed E-state index contributed by atoms with van der Waals surface area (Å²) in [5, 5.41) is 11.9. The third-order valence-electron chi connectivity index (χ3n) is 4.32. The fourth-order valence-corrected chi connectivity index (χ4v) is 3.03. The molecule has 1 saturated heterocycles. The van der Waals surface area contributed by atoms with Gasteiger partial charge < -0.3 is 10.2 Å². The standard InChI is InChI=1S/C14H20N6/c1-2-7-20(12(3-1)9-16-11-4-5-11)13-14-18-17-10-19(14)8-6-15-13/h6,8,10-12,16H,1-5,7,9H2. The summed E-state index contributed by atoms with van der Waals surface area (Å²) in [5.41, 5.74) is 0.867. The Bertz CT molecular complexity index is 590. The first-order valence-corrected chi connectivity index (χ1v) is 7.56. The van der Waals surface area contributed by atoms with Crippen LogP contribution in [0.1, 0.15) is 32.1 Å². The van der Waals surface area contributed by atoms with Crippen molar-refractivity contribution >= 4 is 11.5 Å². The number of nitrogens with one attached hydrogen (secondary N) is 1. The molecular formula is C14H20N6. The van der Waals surface area contributed by atoms with Crippen LogP contribution in [0.15, 0.2) is 18.7 Å². The molecule has 2 aromatic heterocycles. The highest BCUT2D eigenvalue weighted by Crippen LogP contribution is 2.26. The quantitative estimate of drug-likeness (QED) is 0.907. The molecule has 4 rings (SSSR count). The number of hydrogen-bond acceptors (Lipinski definition) is 5. The van der Waals surface area contributed by atoms with Crippen molar-refractivity contribution in [2.45, 2.75) is 44.2 Å². The van der Waals surface area contributed by atoms with Gasteiger partial charge in [0.1, 0.15) is 6.33 Å². The molecule has 2 aliphatic rings. The molecule has 1 unspecified atom stereocenters. The molecular weight excluding hydrogens is 252 g/mol. The highest BCUT2D eigenvalue weighted by molar-refractivity contribution is 5.63. The zero-order chi connectivity index (χ0) is 13.4. The zero-order valence-electron chi connectivity index (χ0n) is 11.6. The van der Waals surface area contributed by atoms with Crippen LogP contribution in [-0.4, -0.2) is 44.8 Å². The minimum atomic E-state index is 0.528. The summed E-state index contributed by atoms with van der Waals surface area (Å²) < 4.78 is 1.95. The summed E-state index contributed by atoms with van der Waals surface area (Å²) >= 11 is 0. The normalized spacial score (nSPS) is 23.4. The first-order chi connectivity index (χ1) is 9.92. The molecule has 2 aromatic rings. The summed E-state index contributed by atoms with van der Waals surface area (Å²) in [5.74, 6) is 0.979. The topological polar surface area (TPSA) is 58.4 Å². The molecule has 1 aliphatic carbocycles. The van der Waals surface area contributed by atoms with E-state index in [4.69, 9.17) is 0 Å². The van der Waals surface area contributed by atoms with Crippen molar-refractivity contribution in [3.05, 3.63) is 18.7 Å². The Morgan fingerprint density at radius 1 is 1.25 bits per heavy atom. The van der Waals surface area contributed by atoms with Crippen molar-refractivity contribution < 1.29 is 0 Å². The smallest absolute Gasteiger partial charge is 0.203 e. The van der Waals surface area contributed by atoms with Crippen molar-refractivity contribution in [2.24, 2.45) is 0 Å². The first-order valence-electron chi connectivity index (χ1n) is 7.56. The SMILES string of the molecule is c1cn2cnnc2c(N2CCCCC2CNC2CC2)n1. The Balaban J connectivity index is 1.61. The van der Waals surface area contributed by atoms with E-state index in [1.54, 1.807) is 6.33 Å². The number of aromatic nitrogens is 4. The van der Waals surface area contributed by atoms with E-state index >= 15 is 0 Å². The third kappa shape index (κ3) is 2.24. The van der Waals surface area contributed by atoms with Crippen molar-refractivity contribution in [1.82, 2.24) is 24.9 Å². The Morgan fingerprint density at radius 3 is 3.10 bits per heavy atom. The Morgan fingerprint density at radius 2 is 2.20 bits per heavy atom. The number of piperidine rings is 1. The number of rotatable bonds is 4. The summed E-state index contributed by atoms with van der Waals surface area (Å²) in [6, 6.07) is 1.29. The van der Waals surface area contributed by atoms with E-state index in [1.807, 2.05) is 16.8 Å². The maximum atomic E-state index is 4.57. The van der Waals surface area contributed by atoms with Crippen molar-refractivity contribution in [3.63, 3.8) is 0 Å². The molecule has 106 valence electrons. The van der Waals surface area contributed by atoms with Gasteiger partial charge in [-0.25, -0.2) is 4.98 Å². The van der Waals surface area contributed by atoms with E-state index < -0.39 is 0 Å². The lowest BCUT2D eigenvalue weighted by molar-refractivity contribution is 0.432. The van der Waals surface area contributed by atoms with Gasteiger partial charge in [0, 0.05) is 37.6 Å². The predicted octanol–water partition coefficient (Wildman–Crippen LogP) is 1.24. The molecule has 2 fully saturated rings. The lowest BCUT2D eigenvalue weighted by Gasteiger charge is -2.36. The number of hydrogen-bond donors (Lipinski definition) is 1. The van der Waals surface area contributed by atoms with Crippen LogP contribution in [0, 0.1) is 0 Å². The average Bonchev–Trinajstić information content (AvgIpc) is 3.20. The van der Waals surface area contributed by atoms with Crippen LogP contribution in [0.25, 0.3) is 5.65 Å². The Kier molecular flexibility index (Phi) is 3.03. The van der Waals surface area contributed by atoms with E-state index in [0.717, 1.165) is 30.6 Å². The molecule has 6 heteroatoms. The number of nitrogens with zero attached hydrogens (tertiary/aromatic N) is 5. The van der Waals surface area contributed by atoms with Crippen LogP contribution in [0.3, 0.4) is 0 Å². The second-order valence-electron chi connectivity index (χ2n) is 5.84. The van der Waals surface area contributed by atoms with Crippen molar-refractivity contribution in [3.8, 4) is 0 Å². The molecule has 20 heavy (non-hydrogen) atoms. The minimum Gasteiger partial charge on any atom is -0.349 e. The van der Waals surface area contributed by atoms with E-state index in [-0.39, 0.29) is 0 Å². The summed E-state index contributed by atoms with van der Waals surface area (Å²) in [6.45, 7) is 2.12. The summed E-state index contributed by atoms with van der Waals surface area (Å²) in [7, 11) is 0. The van der Waals surface area contributed by atoms with Crippen LogP contribution in [-0.2, 0) is 0 Å². The fourth-order valence-electron chi connectivity index (χ4n) is 3.03. The van der Waals surface area contributed by atoms with Gasteiger partial charge in [-0.1, -0.05) is 0 Å². The molecule has 0 bridgehead atoms. The first kappa shape index (κ1) is 12.1. The minimum absolute atomic E-state index is 0.528. The monoisotopic (exact) mass is 272 g/mol. The van der Waals surface area contributed by atoms with Gasteiger partial charge in [0.15, 0.2) is 5.82 Å². The zero-order valence-corrected chi connectivity index (χ0v) is 11.6. The van der Waals surface area contributed by atoms with Crippen molar-refractivity contribution in [2.75, 3.05) is 18.0 Å². The van der Waals surface area contributed by atoms with Crippen LogP contribution in [0.2, 0.25) is 0 Å². The van der Waals surface area contributed by atoms with Gasteiger partial charge in [0.25, 0.3) is 0 Å². The number of anilines is 1. The summed E-state index contributed by atoms with van der Waals surface area (Å²) in [6.07, 6.45) is 11.9. The van der Waals surface area contributed by atoms with Crippen LogP contribution in [0.4, 0.5) is 5.82 Å². The fraction of sp³-hybridized carbons (Fsp3) is 0.643. The van der Waals surface area contributed by atoms with E-state index in [1.165, 1.54) is 32.1 Å². The molecule has 3 heterocycles. The molecule has 1 N–H and O–H groups in total. The molecule has 1 saturated carbocycles. The van der Waals surface area contributed by atoms with E-state index in [0.29, 0.717) is 6.04 Å². The van der Waals surface area contributed by atoms with Crippen molar-refractivity contribution in [1.29, 1.82) is 0 Å². The van der Waals surface area contributed by atoms with E-state index in [2.05, 4.69) is 25.4 Å². The van der Waals surface area contributed by atoms with Crippen LogP contribution < -0.4 is 10.2 Å². The van der Waals surface area contributed by atoms with Gasteiger partial charge in [-0.2, -0.15) is 0 Å². The molecule has 0 aromatic carbocycles. The highest BCUT2D eigenvalue weighted by atomic mass is 15.3. The largest absolute Gasteiger partial charge is 0.349 e. The average molecular weight is 272 g/mol.